The lowest BCUT2D eigenvalue weighted by Crippen LogP contribution is -2.35. The molecule has 0 bridgehead atoms. The molecule has 11 heavy (non-hydrogen) atoms. The van der Waals surface area contributed by atoms with Crippen LogP contribution in [0, 0.1) is 6.42 Å². The summed E-state index contributed by atoms with van der Waals surface area (Å²) in [5.74, 6) is 0. The van der Waals surface area contributed by atoms with Crippen molar-refractivity contribution in [3.05, 3.63) is 6.42 Å². The van der Waals surface area contributed by atoms with E-state index in [-0.39, 0.29) is 0 Å². The zero-order chi connectivity index (χ0) is 7.68. The van der Waals surface area contributed by atoms with E-state index in [1.165, 1.54) is 38.5 Å². The quantitative estimate of drug-likeness (QED) is 0.586. The number of hydrogen-bond donors (Lipinski definition) is 0. The van der Waals surface area contributed by atoms with Crippen molar-refractivity contribution in [3.8, 4) is 0 Å². The normalized spacial score (nSPS) is 27.8. The molecule has 0 aromatic heterocycles. The van der Waals surface area contributed by atoms with E-state index in [0.717, 1.165) is 12.1 Å². The minimum Gasteiger partial charge on any atom is -0.300 e. The Morgan fingerprint density at radius 3 is 2.55 bits per heavy atom. The Balaban J connectivity index is 1.81. The molecule has 2 fully saturated rings. The molecule has 63 valence electrons. The van der Waals surface area contributed by atoms with Crippen LogP contribution in [0.1, 0.15) is 38.5 Å². The third-order valence-corrected chi connectivity index (χ3v) is 3.04. The Hall–Kier alpha value is -0.0400. The Bertz CT molecular complexity index is 123. The third-order valence-electron chi connectivity index (χ3n) is 3.04. The summed E-state index contributed by atoms with van der Waals surface area (Å²) < 4.78 is 0. The van der Waals surface area contributed by atoms with Gasteiger partial charge in [0, 0.05) is 12.1 Å². The molecule has 0 saturated heterocycles. The maximum atomic E-state index is 2.58. The molecule has 1 atom stereocenters. The molecule has 0 aliphatic heterocycles. The van der Waals surface area contributed by atoms with Crippen LogP contribution < -0.4 is 0 Å². The molecule has 0 heterocycles. The molecule has 1 unspecified atom stereocenters. The monoisotopic (exact) mass is 152 g/mol. The van der Waals surface area contributed by atoms with Crippen LogP contribution in [-0.4, -0.2) is 24.0 Å². The first-order valence-corrected chi connectivity index (χ1v) is 4.93. The molecule has 0 aromatic rings. The second-order valence-corrected chi connectivity index (χ2v) is 3.98. The van der Waals surface area contributed by atoms with Crippen LogP contribution >= 0.6 is 0 Å². The molecule has 0 amide bonds. The van der Waals surface area contributed by atoms with Gasteiger partial charge in [-0.25, -0.2) is 0 Å². The minimum absolute atomic E-state index is 0.816. The van der Waals surface area contributed by atoms with Crippen molar-refractivity contribution < 1.29 is 0 Å². The van der Waals surface area contributed by atoms with E-state index >= 15 is 0 Å². The zero-order valence-electron chi connectivity index (χ0n) is 7.42. The smallest absolute Gasteiger partial charge is 0.0127 e. The van der Waals surface area contributed by atoms with Gasteiger partial charge in [0.15, 0.2) is 0 Å². The summed E-state index contributed by atoms with van der Waals surface area (Å²) in [5.41, 5.74) is 0. The molecule has 1 radical (unpaired) electrons. The molecule has 2 rings (SSSR count). The van der Waals surface area contributed by atoms with Crippen molar-refractivity contribution in [1.82, 2.24) is 4.90 Å². The van der Waals surface area contributed by atoms with Gasteiger partial charge in [-0.05, 0) is 39.2 Å². The van der Waals surface area contributed by atoms with Gasteiger partial charge < -0.3 is 4.90 Å². The average Bonchev–Trinajstić information content (AvgIpc) is 2.87. The maximum Gasteiger partial charge on any atom is 0.0127 e. The van der Waals surface area contributed by atoms with E-state index in [9.17, 15) is 0 Å². The Kier molecular flexibility index (Phi) is 2.17. The Labute approximate surface area is 69.8 Å². The Morgan fingerprint density at radius 2 is 2.00 bits per heavy atom. The van der Waals surface area contributed by atoms with Crippen LogP contribution in [0.25, 0.3) is 0 Å². The summed E-state index contributed by atoms with van der Waals surface area (Å²) in [5, 5.41) is 0. The van der Waals surface area contributed by atoms with E-state index in [0.29, 0.717) is 0 Å². The fourth-order valence-corrected chi connectivity index (χ4v) is 2.05. The highest BCUT2D eigenvalue weighted by atomic mass is 15.2. The van der Waals surface area contributed by atoms with Crippen molar-refractivity contribution in [2.45, 2.75) is 50.6 Å². The molecular formula is C10H18N. The predicted octanol–water partition coefficient (Wildman–Crippen LogP) is 2.23. The van der Waals surface area contributed by atoms with Crippen molar-refractivity contribution in [1.29, 1.82) is 0 Å². The zero-order valence-corrected chi connectivity index (χ0v) is 7.42. The fourth-order valence-electron chi connectivity index (χ4n) is 2.05. The molecule has 0 spiro atoms. The van der Waals surface area contributed by atoms with Crippen LogP contribution in [-0.2, 0) is 0 Å². The van der Waals surface area contributed by atoms with Crippen molar-refractivity contribution in [2.24, 2.45) is 0 Å². The number of nitrogens with zero attached hydrogens (tertiary/aromatic N) is 1. The summed E-state index contributed by atoms with van der Waals surface area (Å²) in [6.45, 7) is 0. The molecule has 1 heteroatoms. The highest BCUT2D eigenvalue weighted by molar-refractivity contribution is 4.94. The van der Waals surface area contributed by atoms with Gasteiger partial charge in [0.05, 0.1) is 0 Å². The van der Waals surface area contributed by atoms with E-state index in [2.05, 4.69) is 18.4 Å². The van der Waals surface area contributed by atoms with Gasteiger partial charge in [-0.15, -0.1) is 0 Å². The SMILES string of the molecule is CN(C1[CH]CCCC1)C1CC1. The van der Waals surface area contributed by atoms with E-state index in [4.69, 9.17) is 0 Å². The van der Waals surface area contributed by atoms with Gasteiger partial charge in [-0.3, -0.25) is 0 Å². The van der Waals surface area contributed by atoms with Gasteiger partial charge in [0.25, 0.3) is 0 Å². The highest BCUT2D eigenvalue weighted by Gasteiger charge is 2.31. The standard InChI is InChI=1S/C10H18N/c1-11(10-7-8-10)9-5-3-2-4-6-9/h5,9-10H,2-4,6-8H2,1H3. The lowest BCUT2D eigenvalue weighted by atomic mass is 9.94. The summed E-state index contributed by atoms with van der Waals surface area (Å²) in [6, 6.07) is 1.76. The predicted molar refractivity (Wildman–Crippen MR) is 47.3 cm³/mol. The average molecular weight is 152 g/mol. The maximum absolute atomic E-state index is 2.58. The first-order chi connectivity index (χ1) is 5.38. The molecule has 2 aliphatic rings. The van der Waals surface area contributed by atoms with Gasteiger partial charge in [0.2, 0.25) is 0 Å². The van der Waals surface area contributed by atoms with E-state index < -0.39 is 0 Å². The largest absolute Gasteiger partial charge is 0.300 e. The van der Waals surface area contributed by atoms with Crippen LogP contribution in [0.5, 0.6) is 0 Å². The minimum atomic E-state index is 0.816. The van der Waals surface area contributed by atoms with Crippen LogP contribution in [0.3, 0.4) is 0 Å². The van der Waals surface area contributed by atoms with Gasteiger partial charge in [-0.1, -0.05) is 12.8 Å². The molecule has 2 aliphatic carbocycles. The second kappa shape index (κ2) is 3.14. The van der Waals surface area contributed by atoms with Crippen LogP contribution in [0.4, 0.5) is 0 Å². The van der Waals surface area contributed by atoms with Gasteiger partial charge in [0.1, 0.15) is 0 Å². The van der Waals surface area contributed by atoms with E-state index in [1.807, 2.05) is 0 Å². The van der Waals surface area contributed by atoms with Crippen LogP contribution in [0.2, 0.25) is 0 Å². The van der Waals surface area contributed by atoms with Crippen molar-refractivity contribution in [2.75, 3.05) is 7.05 Å². The second-order valence-electron chi connectivity index (χ2n) is 3.98. The summed E-state index contributed by atoms with van der Waals surface area (Å²) >= 11 is 0. The molecule has 0 aromatic carbocycles. The molecule has 2 saturated carbocycles. The van der Waals surface area contributed by atoms with Gasteiger partial charge >= 0.3 is 0 Å². The lowest BCUT2D eigenvalue weighted by Gasteiger charge is -2.30. The topological polar surface area (TPSA) is 3.24 Å². The third kappa shape index (κ3) is 1.76. The number of rotatable bonds is 2. The fraction of sp³-hybridized carbons (Fsp3) is 0.900. The van der Waals surface area contributed by atoms with Crippen molar-refractivity contribution in [3.63, 3.8) is 0 Å². The van der Waals surface area contributed by atoms with Gasteiger partial charge in [-0.2, -0.15) is 0 Å². The molecular weight excluding hydrogens is 134 g/mol. The number of hydrogen-bond acceptors (Lipinski definition) is 1. The van der Waals surface area contributed by atoms with Crippen LogP contribution in [0.15, 0.2) is 0 Å². The van der Waals surface area contributed by atoms with Crippen molar-refractivity contribution >= 4 is 0 Å². The molecule has 0 N–H and O–H groups in total. The van der Waals surface area contributed by atoms with E-state index in [1.54, 1.807) is 0 Å². The lowest BCUT2D eigenvalue weighted by molar-refractivity contribution is 0.224. The highest BCUT2D eigenvalue weighted by Crippen LogP contribution is 2.31. The first-order valence-electron chi connectivity index (χ1n) is 4.93. The summed E-state index contributed by atoms with van der Waals surface area (Å²) in [6.07, 6.45) is 11.0. The molecule has 1 nitrogen and oxygen atoms in total. The summed E-state index contributed by atoms with van der Waals surface area (Å²) in [4.78, 5) is 2.58. The Morgan fingerprint density at radius 1 is 1.18 bits per heavy atom. The first kappa shape index (κ1) is 7.60. The summed E-state index contributed by atoms with van der Waals surface area (Å²) in [7, 11) is 2.30.